The molecule has 0 atom stereocenters. The van der Waals surface area contributed by atoms with Crippen molar-refractivity contribution in [2.45, 2.75) is 12.3 Å². The molecule has 3 heteroatoms. The molecule has 0 bridgehead atoms. The molecule has 2 aromatic heterocycles. The molecule has 0 fully saturated rings. The van der Waals surface area contributed by atoms with Crippen molar-refractivity contribution in [3.63, 3.8) is 0 Å². The molecule has 0 aliphatic heterocycles. The zero-order chi connectivity index (χ0) is 39.5. The molecule has 11 rings (SSSR count). The molecule has 1 N–H and O–H groups in total. The number of allylic oxidation sites excluding steroid dienone is 1. The van der Waals surface area contributed by atoms with Crippen LogP contribution in [-0.2, 0) is 5.41 Å². The smallest absolute Gasteiger partial charge is 0.0714 e. The molecule has 280 valence electrons. The van der Waals surface area contributed by atoms with Crippen molar-refractivity contribution in [1.29, 1.82) is 0 Å². The maximum absolute atomic E-state index is 4.11. The Morgan fingerprint density at radius 3 is 1.88 bits per heavy atom. The number of H-pyrrole nitrogens is 1. The van der Waals surface area contributed by atoms with Gasteiger partial charge < -0.3 is 9.88 Å². The second-order valence-corrected chi connectivity index (χ2v) is 16.4. The van der Waals surface area contributed by atoms with Gasteiger partial charge in [0.25, 0.3) is 0 Å². The van der Waals surface area contributed by atoms with Crippen LogP contribution in [0.2, 0.25) is 0 Å². The van der Waals surface area contributed by atoms with Crippen molar-refractivity contribution in [2.24, 2.45) is 0 Å². The van der Waals surface area contributed by atoms with E-state index in [4.69, 9.17) is 0 Å². The summed E-state index contributed by atoms with van der Waals surface area (Å²) in [5.41, 5.74) is 16.2. The van der Waals surface area contributed by atoms with Crippen LogP contribution >= 0.6 is 11.3 Å². The van der Waals surface area contributed by atoms with Gasteiger partial charge >= 0.3 is 0 Å². The first-order chi connectivity index (χ1) is 29.2. The lowest BCUT2D eigenvalue weighted by Gasteiger charge is -2.35. The van der Waals surface area contributed by atoms with Crippen LogP contribution < -0.4 is 4.90 Å². The summed E-state index contributed by atoms with van der Waals surface area (Å²) < 4.78 is 2.55. The van der Waals surface area contributed by atoms with Crippen LogP contribution in [0.3, 0.4) is 0 Å². The number of aromatic amines is 1. The Morgan fingerprint density at radius 1 is 0.559 bits per heavy atom. The van der Waals surface area contributed by atoms with Gasteiger partial charge in [0.15, 0.2) is 0 Å². The van der Waals surface area contributed by atoms with Gasteiger partial charge in [0.2, 0.25) is 0 Å². The van der Waals surface area contributed by atoms with Gasteiger partial charge in [-0.15, -0.1) is 11.3 Å². The van der Waals surface area contributed by atoms with Gasteiger partial charge in [0, 0.05) is 59.4 Å². The van der Waals surface area contributed by atoms with E-state index < -0.39 is 5.41 Å². The molecule has 0 saturated heterocycles. The molecule has 0 radical (unpaired) electrons. The van der Waals surface area contributed by atoms with E-state index in [1.807, 2.05) is 17.4 Å². The summed E-state index contributed by atoms with van der Waals surface area (Å²) in [5, 5.41) is 3.76. The number of nitrogens with one attached hydrogen (secondary N) is 1. The molecule has 0 unspecified atom stereocenters. The highest BCUT2D eigenvalue weighted by atomic mass is 32.1. The molecular formula is C56H40N2S. The average Bonchev–Trinajstić information content (AvgIpc) is 3.95. The Balaban J connectivity index is 1.16. The minimum atomic E-state index is -0.502. The number of aromatic nitrogens is 1. The van der Waals surface area contributed by atoms with Crippen LogP contribution in [0.4, 0.5) is 17.1 Å². The lowest BCUT2D eigenvalue weighted by atomic mass is 9.67. The number of hydrogen-bond donors (Lipinski definition) is 1. The number of rotatable bonds is 8. The van der Waals surface area contributed by atoms with Crippen LogP contribution in [0.15, 0.2) is 201 Å². The van der Waals surface area contributed by atoms with Crippen molar-refractivity contribution >= 4 is 71.6 Å². The number of hydrogen-bond acceptors (Lipinski definition) is 2. The zero-order valence-electron chi connectivity index (χ0n) is 32.7. The summed E-state index contributed by atoms with van der Waals surface area (Å²) in [4.78, 5) is 6.05. The fourth-order valence-corrected chi connectivity index (χ4v) is 10.9. The highest BCUT2D eigenvalue weighted by Gasteiger charge is 2.46. The lowest BCUT2D eigenvalue weighted by Crippen LogP contribution is -2.28. The number of benzene rings is 8. The van der Waals surface area contributed by atoms with E-state index in [0.717, 1.165) is 28.3 Å². The molecule has 0 saturated carbocycles. The second-order valence-electron chi connectivity index (χ2n) is 15.3. The summed E-state index contributed by atoms with van der Waals surface area (Å²) in [7, 11) is 0. The molecule has 0 spiro atoms. The minimum absolute atomic E-state index is 0.502. The number of thiophene rings is 1. The molecule has 0 amide bonds. The van der Waals surface area contributed by atoms with Gasteiger partial charge in [-0.1, -0.05) is 158 Å². The van der Waals surface area contributed by atoms with Crippen molar-refractivity contribution in [3.05, 3.63) is 234 Å². The van der Waals surface area contributed by atoms with Crippen molar-refractivity contribution < 1.29 is 0 Å². The van der Waals surface area contributed by atoms with Gasteiger partial charge in [-0.25, -0.2) is 0 Å². The molecule has 2 heterocycles. The van der Waals surface area contributed by atoms with E-state index in [-0.39, 0.29) is 0 Å². The Labute approximate surface area is 348 Å². The third-order valence-corrected chi connectivity index (χ3v) is 13.4. The highest BCUT2D eigenvalue weighted by molar-refractivity contribution is 7.26. The quantitative estimate of drug-likeness (QED) is 0.163. The minimum Gasteiger partial charge on any atom is -0.354 e. The number of fused-ring (bicyclic) bond motifs is 8. The Hall–Kier alpha value is -7.20. The summed E-state index contributed by atoms with van der Waals surface area (Å²) in [6.07, 6.45) is 6.23. The first-order valence-electron chi connectivity index (χ1n) is 20.2. The van der Waals surface area contributed by atoms with E-state index in [1.165, 1.54) is 75.6 Å². The van der Waals surface area contributed by atoms with Crippen LogP contribution in [-0.4, -0.2) is 4.98 Å². The number of nitrogens with zero attached hydrogens (tertiary/aromatic N) is 1. The second kappa shape index (κ2) is 14.0. The lowest BCUT2D eigenvalue weighted by molar-refractivity contribution is 0.768. The van der Waals surface area contributed by atoms with Crippen molar-refractivity contribution in [2.75, 3.05) is 4.90 Å². The largest absolute Gasteiger partial charge is 0.354 e. The van der Waals surface area contributed by atoms with Gasteiger partial charge in [-0.2, -0.15) is 0 Å². The molecule has 1 aliphatic rings. The first kappa shape index (κ1) is 35.0. The monoisotopic (exact) mass is 772 g/mol. The third-order valence-electron chi connectivity index (χ3n) is 12.2. The Bertz CT molecular complexity index is 3190. The summed E-state index contributed by atoms with van der Waals surface area (Å²) in [6.45, 7) is 6.19. The molecule has 1 aliphatic carbocycles. The average molecular weight is 773 g/mol. The van der Waals surface area contributed by atoms with Gasteiger partial charge in [-0.05, 0) is 106 Å². The predicted octanol–water partition coefficient (Wildman–Crippen LogP) is 15.7. The normalized spacial score (nSPS) is 13.0. The van der Waals surface area contributed by atoms with Crippen molar-refractivity contribution in [1.82, 2.24) is 4.98 Å². The zero-order valence-corrected chi connectivity index (χ0v) is 33.5. The first-order valence-corrected chi connectivity index (χ1v) is 21.1. The third kappa shape index (κ3) is 5.39. The van der Waals surface area contributed by atoms with E-state index >= 15 is 0 Å². The van der Waals surface area contributed by atoms with Gasteiger partial charge in [-0.3, -0.25) is 0 Å². The van der Waals surface area contributed by atoms with Crippen LogP contribution in [0.25, 0.3) is 65.5 Å². The Morgan fingerprint density at radius 2 is 1.17 bits per heavy atom. The maximum Gasteiger partial charge on any atom is 0.0714 e. The van der Waals surface area contributed by atoms with E-state index in [9.17, 15) is 0 Å². The van der Waals surface area contributed by atoms with E-state index in [1.54, 1.807) is 0 Å². The summed E-state index contributed by atoms with van der Waals surface area (Å²) in [5.74, 6) is 0. The highest BCUT2D eigenvalue weighted by Crippen LogP contribution is 2.57. The van der Waals surface area contributed by atoms with Crippen molar-refractivity contribution in [3.8, 4) is 22.3 Å². The van der Waals surface area contributed by atoms with Gasteiger partial charge in [0.05, 0.1) is 5.41 Å². The molecule has 59 heavy (non-hydrogen) atoms. The van der Waals surface area contributed by atoms with Gasteiger partial charge in [0.1, 0.15) is 0 Å². The van der Waals surface area contributed by atoms with E-state index in [2.05, 4.69) is 224 Å². The molecule has 10 aromatic rings. The maximum atomic E-state index is 4.11. The Kier molecular flexibility index (Phi) is 8.32. The number of anilines is 3. The summed E-state index contributed by atoms with van der Waals surface area (Å²) >= 11 is 1.86. The predicted molar refractivity (Wildman–Crippen MR) is 253 cm³/mol. The topological polar surface area (TPSA) is 19.0 Å². The van der Waals surface area contributed by atoms with Crippen LogP contribution in [0.1, 0.15) is 40.4 Å². The van der Waals surface area contributed by atoms with Crippen LogP contribution in [0.5, 0.6) is 0 Å². The molecule has 2 nitrogen and oxygen atoms in total. The van der Waals surface area contributed by atoms with E-state index in [0.29, 0.717) is 0 Å². The summed E-state index contributed by atoms with van der Waals surface area (Å²) in [6, 6.07) is 69.4. The fraction of sp³-hybridized carbons (Fsp3) is 0.0357. The van der Waals surface area contributed by atoms with Crippen LogP contribution in [0, 0.1) is 0 Å². The standard InChI is InChI=1S/C56H40N2S/c1-3-16-47-51(4-2)57-52-33-32-46-48-35-42(30-34-53(48)59-55(46)54(47)52)58(41-27-25-38(26-28-41)37-17-8-5-9-18-37)43-29-31-45-44-23-14-15-24-49(44)56(50(45)36-43,39-19-10-6-11-20-39)40-21-12-7-13-22-40/h3-36,57H,2H2,1H3/b16-3-. The fourth-order valence-electron chi connectivity index (χ4n) is 9.64. The molecular weight excluding hydrogens is 733 g/mol. The molecule has 8 aromatic carbocycles. The SMILES string of the molecule is C=Cc1[nH]c2ccc3c4cc(N(c5ccc(-c6ccccc6)cc5)c5ccc6c(c5)C(c5ccccc5)(c5ccccc5)c5ccccc5-6)ccc4sc3c2c1/C=C\C.